The van der Waals surface area contributed by atoms with Gasteiger partial charge in [-0.05, 0) is 13.5 Å². The van der Waals surface area contributed by atoms with Crippen LogP contribution in [0.1, 0.15) is 21.9 Å². The molecule has 7 heteroatoms. The Kier molecular flexibility index (Phi) is 7.57. The summed E-state index contributed by atoms with van der Waals surface area (Å²) in [7, 11) is 3.72. The standard InChI is InChI=1S/C12H22N4O2S/c1-16(5-3-7-18-2)6-4-14-12(17)10-9-19-11(8-13)15-10/h9H,3-8,13H2,1-2H3,(H,14,17). The van der Waals surface area contributed by atoms with E-state index >= 15 is 0 Å². The Morgan fingerprint density at radius 2 is 2.37 bits per heavy atom. The van der Waals surface area contributed by atoms with E-state index < -0.39 is 0 Å². The molecule has 1 aromatic rings. The fourth-order valence-corrected chi connectivity index (χ4v) is 2.21. The number of thiazole rings is 1. The van der Waals surface area contributed by atoms with Gasteiger partial charge in [-0.2, -0.15) is 0 Å². The summed E-state index contributed by atoms with van der Waals surface area (Å²) in [6.07, 6.45) is 0.993. The average molecular weight is 286 g/mol. The number of aromatic nitrogens is 1. The lowest BCUT2D eigenvalue weighted by atomic mass is 10.4. The van der Waals surface area contributed by atoms with Crippen molar-refractivity contribution >= 4 is 17.2 Å². The Morgan fingerprint density at radius 3 is 3.00 bits per heavy atom. The Labute approximate surface area is 118 Å². The maximum atomic E-state index is 11.8. The van der Waals surface area contributed by atoms with Gasteiger partial charge in [-0.25, -0.2) is 4.98 Å². The fraction of sp³-hybridized carbons (Fsp3) is 0.667. The number of methoxy groups -OCH3 is 1. The van der Waals surface area contributed by atoms with Crippen LogP contribution < -0.4 is 11.1 Å². The third kappa shape index (κ3) is 6.11. The van der Waals surface area contributed by atoms with Gasteiger partial charge in [-0.3, -0.25) is 4.79 Å². The van der Waals surface area contributed by atoms with Crippen molar-refractivity contribution in [3.8, 4) is 0 Å². The van der Waals surface area contributed by atoms with E-state index in [1.54, 1.807) is 12.5 Å². The fourth-order valence-electron chi connectivity index (χ4n) is 1.55. The second-order valence-electron chi connectivity index (χ2n) is 4.24. The molecule has 19 heavy (non-hydrogen) atoms. The molecule has 3 N–H and O–H groups in total. The van der Waals surface area contributed by atoms with Gasteiger partial charge in [0.1, 0.15) is 10.7 Å². The monoisotopic (exact) mass is 286 g/mol. The zero-order valence-corrected chi connectivity index (χ0v) is 12.3. The van der Waals surface area contributed by atoms with Crippen LogP contribution in [0.25, 0.3) is 0 Å². The van der Waals surface area contributed by atoms with Gasteiger partial charge < -0.3 is 20.7 Å². The first-order valence-corrected chi connectivity index (χ1v) is 7.15. The van der Waals surface area contributed by atoms with Gasteiger partial charge in [-0.1, -0.05) is 0 Å². The molecule has 0 aliphatic carbocycles. The van der Waals surface area contributed by atoms with Crippen molar-refractivity contribution < 1.29 is 9.53 Å². The molecule has 0 fully saturated rings. The molecule has 1 amide bonds. The summed E-state index contributed by atoms with van der Waals surface area (Å²) in [5, 5.41) is 5.36. The van der Waals surface area contributed by atoms with E-state index in [1.807, 2.05) is 7.05 Å². The van der Waals surface area contributed by atoms with Gasteiger partial charge in [0.2, 0.25) is 0 Å². The Balaban J connectivity index is 2.19. The summed E-state index contributed by atoms with van der Waals surface area (Å²) < 4.78 is 4.99. The lowest BCUT2D eigenvalue weighted by molar-refractivity contribution is 0.0944. The number of hydrogen-bond donors (Lipinski definition) is 2. The smallest absolute Gasteiger partial charge is 0.270 e. The maximum absolute atomic E-state index is 11.8. The quantitative estimate of drug-likeness (QED) is 0.638. The maximum Gasteiger partial charge on any atom is 0.270 e. The number of nitrogens with one attached hydrogen (secondary N) is 1. The predicted octanol–water partition coefficient (Wildman–Crippen LogP) is 0.300. The van der Waals surface area contributed by atoms with E-state index in [4.69, 9.17) is 10.5 Å². The largest absolute Gasteiger partial charge is 0.385 e. The minimum atomic E-state index is -0.138. The highest BCUT2D eigenvalue weighted by molar-refractivity contribution is 7.09. The number of nitrogens with two attached hydrogens (primary N) is 1. The van der Waals surface area contributed by atoms with Crippen LogP contribution in [-0.4, -0.2) is 56.2 Å². The highest BCUT2D eigenvalue weighted by atomic mass is 32.1. The minimum Gasteiger partial charge on any atom is -0.385 e. The van der Waals surface area contributed by atoms with Crippen molar-refractivity contribution in [2.75, 3.05) is 40.4 Å². The first-order valence-electron chi connectivity index (χ1n) is 6.27. The van der Waals surface area contributed by atoms with Crippen molar-refractivity contribution in [1.82, 2.24) is 15.2 Å². The van der Waals surface area contributed by atoms with E-state index in [-0.39, 0.29) is 5.91 Å². The van der Waals surface area contributed by atoms with Crippen LogP contribution >= 0.6 is 11.3 Å². The second kappa shape index (κ2) is 8.98. The van der Waals surface area contributed by atoms with Crippen LogP contribution in [-0.2, 0) is 11.3 Å². The zero-order chi connectivity index (χ0) is 14.1. The summed E-state index contributed by atoms with van der Waals surface area (Å²) in [4.78, 5) is 18.1. The normalized spacial score (nSPS) is 10.9. The SMILES string of the molecule is COCCCN(C)CCNC(=O)c1csc(CN)n1. The zero-order valence-electron chi connectivity index (χ0n) is 11.5. The molecule has 0 atom stereocenters. The lowest BCUT2D eigenvalue weighted by Gasteiger charge is -2.16. The molecule has 0 bridgehead atoms. The molecule has 6 nitrogen and oxygen atoms in total. The van der Waals surface area contributed by atoms with Crippen molar-refractivity contribution in [1.29, 1.82) is 0 Å². The first kappa shape index (κ1) is 16.0. The predicted molar refractivity (Wildman–Crippen MR) is 76.3 cm³/mol. The summed E-state index contributed by atoms with van der Waals surface area (Å²) in [6.45, 7) is 3.51. The number of likely N-dealkylation sites (N-methyl/N-ethyl adjacent to an activating group) is 1. The topological polar surface area (TPSA) is 80.5 Å². The van der Waals surface area contributed by atoms with Crippen molar-refractivity contribution in [2.45, 2.75) is 13.0 Å². The summed E-state index contributed by atoms with van der Waals surface area (Å²) >= 11 is 1.41. The second-order valence-corrected chi connectivity index (χ2v) is 5.18. The number of hydrogen-bond acceptors (Lipinski definition) is 6. The summed E-state index contributed by atoms with van der Waals surface area (Å²) in [6, 6.07) is 0. The minimum absolute atomic E-state index is 0.138. The summed E-state index contributed by atoms with van der Waals surface area (Å²) in [5.74, 6) is -0.138. The highest BCUT2D eigenvalue weighted by Crippen LogP contribution is 2.08. The van der Waals surface area contributed by atoms with E-state index in [0.29, 0.717) is 18.8 Å². The molecule has 108 valence electrons. The Morgan fingerprint density at radius 1 is 1.58 bits per heavy atom. The van der Waals surface area contributed by atoms with Crippen LogP contribution in [0.4, 0.5) is 0 Å². The van der Waals surface area contributed by atoms with Gasteiger partial charge in [0.25, 0.3) is 5.91 Å². The van der Waals surface area contributed by atoms with Gasteiger partial charge >= 0.3 is 0 Å². The molecule has 1 aromatic heterocycles. The number of carbonyl (C=O) groups excluding carboxylic acids is 1. The van der Waals surface area contributed by atoms with Crippen LogP contribution in [0.3, 0.4) is 0 Å². The molecule has 0 saturated heterocycles. The summed E-state index contributed by atoms with van der Waals surface area (Å²) in [5.41, 5.74) is 5.91. The molecule has 0 unspecified atom stereocenters. The Bertz CT molecular complexity index is 384. The molecule has 0 aliphatic rings. The average Bonchev–Trinajstić information content (AvgIpc) is 2.87. The van der Waals surface area contributed by atoms with Gasteiger partial charge in [0.15, 0.2) is 0 Å². The molecule has 0 spiro atoms. The van der Waals surface area contributed by atoms with Crippen molar-refractivity contribution in [2.24, 2.45) is 5.73 Å². The third-order valence-corrected chi connectivity index (χ3v) is 3.50. The number of ether oxygens (including phenoxy) is 1. The number of nitrogens with zero attached hydrogens (tertiary/aromatic N) is 2. The Hall–Kier alpha value is -1.02. The number of rotatable bonds is 9. The van der Waals surface area contributed by atoms with Gasteiger partial charge in [0.05, 0.1) is 0 Å². The van der Waals surface area contributed by atoms with Crippen molar-refractivity contribution in [3.63, 3.8) is 0 Å². The van der Waals surface area contributed by atoms with E-state index in [1.165, 1.54) is 11.3 Å². The molecular weight excluding hydrogens is 264 g/mol. The molecule has 0 saturated carbocycles. The first-order chi connectivity index (χ1) is 9.17. The van der Waals surface area contributed by atoms with E-state index in [2.05, 4.69) is 15.2 Å². The third-order valence-electron chi connectivity index (χ3n) is 2.63. The number of carbonyl (C=O) groups is 1. The number of amides is 1. The highest BCUT2D eigenvalue weighted by Gasteiger charge is 2.09. The van der Waals surface area contributed by atoms with Crippen LogP contribution in [0.2, 0.25) is 0 Å². The van der Waals surface area contributed by atoms with Crippen LogP contribution in [0, 0.1) is 0 Å². The molecular formula is C12H22N4O2S. The van der Waals surface area contributed by atoms with Crippen LogP contribution in [0.5, 0.6) is 0 Å². The van der Waals surface area contributed by atoms with E-state index in [0.717, 1.165) is 31.1 Å². The van der Waals surface area contributed by atoms with E-state index in [9.17, 15) is 4.79 Å². The molecule has 1 heterocycles. The molecule has 1 rings (SSSR count). The van der Waals surface area contributed by atoms with Gasteiger partial charge in [0, 0.05) is 45.3 Å². The van der Waals surface area contributed by atoms with Gasteiger partial charge in [-0.15, -0.1) is 11.3 Å². The molecule has 0 radical (unpaired) electrons. The lowest BCUT2D eigenvalue weighted by Crippen LogP contribution is -2.33. The molecule has 0 aliphatic heterocycles. The van der Waals surface area contributed by atoms with Crippen LogP contribution in [0.15, 0.2) is 5.38 Å². The molecule has 0 aromatic carbocycles. The van der Waals surface area contributed by atoms with Crippen molar-refractivity contribution in [3.05, 3.63) is 16.1 Å².